The number of nitrogens with zero attached hydrogens (tertiary/aromatic N) is 2. The summed E-state index contributed by atoms with van der Waals surface area (Å²) in [5.41, 5.74) is 3.24. The van der Waals surface area contributed by atoms with Gasteiger partial charge in [-0.1, -0.05) is 88.9 Å². The first kappa shape index (κ1) is 29.8. The Labute approximate surface area is 245 Å². The molecular weight excluding hydrogens is 590 g/mol. The summed E-state index contributed by atoms with van der Waals surface area (Å²) in [7, 11) is -3.79. The van der Waals surface area contributed by atoms with Gasteiger partial charge in [-0.25, -0.2) is 8.42 Å². The predicted octanol–water partition coefficient (Wildman–Crippen LogP) is 5.22. The Kier molecular flexibility index (Phi) is 10.0. The maximum atomic E-state index is 14.1. The summed E-state index contributed by atoms with van der Waals surface area (Å²) < 4.78 is 27.6. The third kappa shape index (κ3) is 8.17. The predicted molar refractivity (Wildman–Crippen MR) is 162 cm³/mol. The van der Waals surface area contributed by atoms with Gasteiger partial charge >= 0.3 is 0 Å². The van der Waals surface area contributed by atoms with E-state index in [0.717, 1.165) is 57.4 Å². The van der Waals surface area contributed by atoms with E-state index in [-0.39, 0.29) is 18.5 Å². The van der Waals surface area contributed by atoms with Crippen LogP contribution in [-0.4, -0.2) is 50.0 Å². The van der Waals surface area contributed by atoms with E-state index in [1.54, 1.807) is 29.2 Å². The van der Waals surface area contributed by atoms with Crippen LogP contribution in [-0.2, 0) is 32.6 Å². The molecule has 4 rings (SSSR count). The van der Waals surface area contributed by atoms with Gasteiger partial charge in [0.25, 0.3) is 0 Å². The van der Waals surface area contributed by atoms with Crippen LogP contribution in [0.25, 0.3) is 0 Å². The lowest BCUT2D eigenvalue weighted by Gasteiger charge is -2.34. The largest absolute Gasteiger partial charge is 0.352 e. The standard InChI is InChI=1S/C31H36BrN3O4S/c1-23-12-14-25(15-13-23)21-34(30(36)22-35(40(2,38)39)28-18-16-26(32)17-19-28)29(20-24-8-4-3-5-9-24)31(37)33-27-10-6-7-11-27/h3-5,8-9,12-19,27,29H,6-7,10-11,20-22H2,1-2H3,(H,33,37)/t29-/m1/s1. The van der Waals surface area contributed by atoms with E-state index in [0.29, 0.717) is 12.1 Å². The van der Waals surface area contributed by atoms with Crippen LogP contribution in [0.3, 0.4) is 0 Å². The first-order valence-electron chi connectivity index (χ1n) is 13.5. The molecule has 3 aromatic rings. The molecule has 9 heteroatoms. The number of hydrogen-bond acceptors (Lipinski definition) is 4. The molecule has 1 N–H and O–H groups in total. The summed E-state index contributed by atoms with van der Waals surface area (Å²) in [5, 5.41) is 3.18. The zero-order valence-corrected chi connectivity index (χ0v) is 25.3. The molecule has 0 saturated heterocycles. The molecule has 0 unspecified atom stereocenters. The molecule has 40 heavy (non-hydrogen) atoms. The fraction of sp³-hybridized carbons (Fsp3) is 0.355. The van der Waals surface area contributed by atoms with E-state index in [1.807, 2.05) is 61.5 Å². The van der Waals surface area contributed by atoms with Crippen molar-refractivity contribution < 1.29 is 18.0 Å². The number of aryl methyl sites for hydroxylation is 1. The fourth-order valence-electron chi connectivity index (χ4n) is 5.03. The summed E-state index contributed by atoms with van der Waals surface area (Å²) >= 11 is 3.38. The minimum Gasteiger partial charge on any atom is -0.352 e. The number of carbonyl (C=O) groups is 2. The SMILES string of the molecule is Cc1ccc(CN(C(=O)CN(c2ccc(Br)cc2)S(C)(=O)=O)[C@H](Cc2ccccc2)C(=O)NC2CCCC2)cc1. The highest BCUT2D eigenvalue weighted by molar-refractivity contribution is 9.10. The molecule has 0 heterocycles. The van der Waals surface area contributed by atoms with Gasteiger partial charge in [0.15, 0.2) is 0 Å². The Hall–Kier alpha value is -3.17. The lowest BCUT2D eigenvalue weighted by atomic mass is 10.0. The summed E-state index contributed by atoms with van der Waals surface area (Å²) in [4.78, 5) is 29.5. The third-order valence-corrected chi connectivity index (χ3v) is 8.91. The molecular formula is C31H36BrN3O4S. The quantitative estimate of drug-likeness (QED) is 0.316. The van der Waals surface area contributed by atoms with E-state index < -0.39 is 28.5 Å². The van der Waals surface area contributed by atoms with Gasteiger partial charge < -0.3 is 10.2 Å². The minimum atomic E-state index is -3.79. The molecule has 0 radical (unpaired) electrons. The zero-order valence-electron chi connectivity index (χ0n) is 22.9. The molecule has 0 bridgehead atoms. The van der Waals surface area contributed by atoms with Crippen molar-refractivity contribution in [3.8, 4) is 0 Å². The van der Waals surface area contributed by atoms with Crippen LogP contribution < -0.4 is 9.62 Å². The van der Waals surface area contributed by atoms with E-state index >= 15 is 0 Å². The Bertz CT molecular complexity index is 1390. The van der Waals surface area contributed by atoms with Gasteiger partial charge in [0.1, 0.15) is 12.6 Å². The van der Waals surface area contributed by atoms with Gasteiger partial charge in [-0.2, -0.15) is 0 Å². The summed E-state index contributed by atoms with van der Waals surface area (Å²) in [5.74, 6) is -0.665. The molecule has 7 nitrogen and oxygen atoms in total. The third-order valence-electron chi connectivity index (χ3n) is 7.24. The van der Waals surface area contributed by atoms with Crippen LogP contribution in [0.1, 0.15) is 42.4 Å². The minimum absolute atomic E-state index is 0.0809. The van der Waals surface area contributed by atoms with Crippen molar-refractivity contribution in [2.45, 2.75) is 57.7 Å². The van der Waals surface area contributed by atoms with Crippen molar-refractivity contribution in [1.29, 1.82) is 0 Å². The Balaban J connectivity index is 1.71. The van der Waals surface area contributed by atoms with Crippen molar-refractivity contribution in [3.63, 3.8) is 0 Å². The van der Waals surface area contributed by atoms with Crippen LogP contribution in [0, 0.1) is 6.92 Å². The van der Waals surface area contributed by atoms with Crippen molar-refractivity contribution >= 4 is 43.5 Å². The van der Waals surface area contributed by atoms with Gasteiger partial charge in [0.2, 0.25) is 21.8 Å². The number of benzene rings is 3. The number of halogens is 1. The van der Waals surface area contributed by atoms with Crippen molar-refractivity contribution in [2.75, 3.05) is 17.1 Å². The molecule has 1 fully saturated rings. The Morgan fingerprint density at radius 3 is 2.15 bits per heavy atom. The van der Waals surface area contributed by atoms with E-state index in [2.05, 4.69) is 21.2 Å². The average molecular weight is 627 g/mol. The maximum Gasteiger partial charge on any atom is 0.244 e. The first-order valence-corrected chi connectivity index (χ1v) is 16.2. The maximum absolute atomic E-state index is 14.1. The lowest BCUT2D eigenvalue weighted by Crippen LogP contribution is -2.54. The molecule has 1 atom stereocenters. The lowest BCUT2D eigenvalue weighted by molar-refractivity contribution is -0.140. The monoisotopic (exact) mass is 625 g/mol. The smallest absolute Gasteiger partial charge is 0.244 e. The number of hydrogen-bond donors (Lipinski definition) is 1. The number of rotatable bonds is 11. The Morgan fingerprint density at radius 2 is 1.55 bits per heavy atom. The average Bonchev–Trinajstić information content (AvgIpc) is 3.44. The molecule has 0 spiro atoms. The van der Waals surface area contributed by atoms with Gasteiger partial charge in [0, 0.05) is 23.5 Å². The highest BCUT2D eigenvalue weighted by atomic mass is 79.9. The van der Waals surface area contributed by atoms with Crippen LogP contribution >= 0.6 is 15.9 Å². The second kappa shape index (κ2) is 13.5. The number of anilines is 1. The van der Waals surface area contributed by atoms with Crippen LogP contribution in [0.15, 0.2) is 83.3 Å². The molecule has 212 valence electrons. The highest BCUT2D eigenvalue weighted by Gasteiger charge is 2.34. The summed E-state index contributed by atoms with van der Waals surface area (Å²) in [6.45, 7) is 1.74. The number of sulfonamides is 1. The molecule has 0 aliphatic heterocycles. The van der Waals surface area contributed by atoms with E-state index in [9.17, 15) is 18.0 Å². The van der Waals surface area contributed by atoms with Gasteiger partial charge in [-0.15, -0.1) is 0 Å². The molecule has 1 aliphatic carbocycles. The highest BCUT2D eigenvalue weighted by Crippen LogP contribution is 2.23. The zero-order chi connectivity index (χ0) is 28.7. The van der Waals surface area contributed by atoms with E-state index in [1.165, 1.54) is 0 Å². The van der Waals surface area contributed by atoms with Crippen molar-refractivity contribution in [2.24, 2.45) is 0 Å². The molecule has 0 aromatic heterocycles. The van der Waals surface area contributed by atoms with Gasteiger partial charge in [0.05, 0.1) is 11.9 Å². The van der Waals surface area contributed by atoms with Crippen LogP contribution in [0.2, 0.25) is 0 Å². The fourth-order valence-corrected chi connectivity index (χ4v) is 6.15. The van der Waals surface area contributed by atoms with Crippen molar-refractivity contribution in [1.82, 2.24) is 10.2 Å². The second-order valence-electron chi connectivity index (χ2n) is 10.4. The molecule has 3 aromatic carbocycles. The van der Waals surface area contributed by atoms with E-state index in [4.69, 9.17) is 0 Å². The summed E-state index contributed by atoms with van der Waals surface area (Å²) in [6, 6.07) is 23.4. The topological polar surface area (TPSA) is 86.8 Å². The number of amides is 2. The molecule has 2 amide bonds. The van der Waals surface area contributed by atoms with Gasteiger partial charge in [-0.05, 0) is 55.2 Å². The van der Waals surface area contributed by atoms with Crippen LogP contribution in [0.5, 0.6) is 0 Å². The normalized spacial score (nSPS) is 14.5. The first-order chi connectivity index (χ1) is 19.1. The van der Waals surface area contributed by atoms with Crippen molar-refractivity contribution in [3.05, 3.63) is 100 Å². The molecule has 1 saturated carbocycles. The summed E-state index contributed by atoms with van der Waals surface area (Å²) in [6.07, 6.45) is 5.37. The number of nitrogens with one attached hydrogen (secondary N) is 1. The second-order valence-corrected chi connectivity index (χ2v) is 13.3. The molecule has 1 aliphatic rings. The van der Waals surface area contributed by atoms with Gasteiger partial charge in [-0.3, -0.25) is 13.9 Å². The number of carbonyl (C=O) groups excluding carboxylic acids is 2. The van der Waals surface area contributed by atoms with Crippen LogP contribution in [0.4, 0.5) is 5.69 Å². The Morgan fingerprint density at radius 1 is 0.925 bits per heavy atom.